The molecule has 0 aromatic carbocycles. The van der Waals surface area contributed by atoms with Crippen LogP contribution in [0.1, 0.15) is 13.3 Å². The molecule has 0 saturated heterocycles. The third kappa shape index (κ3) is 3.78. The zero-order valence-electron chi connectivity index (χ0n) is 9.34. The van der Waals surface area contributed by atoms with Crippen molar-refractivity contribution in [1.29, 1.82) is 0 Å². The third-order valence-corrected chi connectivity index (χ3v) is 3.81. The second kappa shape index (κ2) is 5.80. The molecule has 0 aromatic rings. The standard InChI is InChI=1S/C8H15NO6S/c1-4-6(8(11)12)9(2)16(13,14)5-7(10)15-3/h6H,4-5H2,1-3H3,(H,11,12). The van der Waals surface area contributed by atoms with Gasteiger partial charge in [-0.25, -0.2) is 8.42 Å². The number of nitrogens with zero attached hydrogens (tertiary/aromatic N) is 1. The number of hydrogen-bond acceptors (Lipinski definition) is 5. The Morgan fingerprint density at radius 1 is 1.44 bits per heavy atom. The minimum Gasteiger partial charge on any atom is -0.480 e. The van der Waals surface area contributed by atoms with E-state index in [9.17, 15) is 18.0 Å². The van der Waals surface area contributed by atoms with Crippen LogP contribution in [0.25, 0.3) is 0 Å². The minimum absolute atomic E-state index is 0.117. The molecular weight excluding hydrogens is 238 g/mol. The van der Waals surface area contributed by atoms with E-state index < -0.39 is 33.8 Å². The van der Waals surface area contributed by atoms with Crippen LogP contribution in [0.4, 0.5) is 0 Å². The smallest absolute Gasteiger partial charge is 0.322 e. The Balaban J connectivity index is 4.88. The molecule has 0 radical (unpaired) electrons. The molecule has 0 amide bonds. The van der Waals surface area contributed by atoms with Crippen molar-refractivity contribution in [2.45, 2.75) is 19.4 Å². The number of ether oxygens (including phenoxy) is 1. The first-order chi connectivity index (χ1) is 7.26. The van der Waals surface area contributed by atoms with Crippen molar-refractivity contribution in [3.8, 4) is 0 Å². The Bertz CT molecular complexity index is 363. The molecule has 1 unspecified atom stereocenters. The monoisotopic (exact) mass is 253 g/mol. The maximum atomic E-state index is 11.6. The molecular formula is C8H15NO6S. The summed E-state index contributed by atoms with van der Waals surface area (Å²) in [5, 5.41) is 8.78. The predicted octanol–water partition coefficient (Wildman–Crippen LogP) is -0.716. The van der Waals surface area contributed by atoms with E-state index in [1.807, 2.05) is 0 Å². The fourth-order valence-electron chi connectivity index (χ4n) is 1.09. The van der Waals surface area contributed by atoms with E-state index in [1.54, 1.807) is 6.92 Å². The van der Waals surface area contributed by atoms with E-state index in [2.05, 4.69) is 4.74 Å². The first-order valence-corrected chi connectivity index (χ1v) is 6.12. The summed E-state index contributed by atoms with van der Waals surface area (Å²) < 4.78 is 28.0. The van der Waals surface area contributed by atoms with Crippen LogP contribution in [-0.2, 0) is 24.3 Å². The quantitative estimate of drug-likeness (QED) is 0.627. The summed E-state index contributed by atoms with van der Waals surface area (Å²) in [5.74, 6) is -3.03. The van der Waals surface area contributed by atoms with Crippen LogP contribution in [0.15, 0.2) is 0 Å². The van der Waals surface area contributed by atoms with E-state index in [0.717, 1.165) is 14.2 Å². The lowest BCUT2D eigenvalue weighted by molar-refractivity contribution is -0.141. The van der Waals surface area contributed by atoms with Crippen LogP contribution in [0.3, 0.4) is 0 Å². The van der Waals surface area contributed by atoms with Gasteiger partial charge in [-0.05, 0) is 6.42 Å². The number of carbonyl (C=O) groups is 2. The lowest BCUT2D eigenvalue weighted by Crippen LogP contribution is -2.44. The van der Waals surface area contributed by atoms with Gasteiger partial charge < -0.3 is 9.84 Å². The second-order valence-corrected chi connectivity index (χ2v) is 5.14. The molecule has 0 heterocycles. The fraction of sp³-hybridized carbons (Fsp3) is 0.750. The molecule has 1 N–H and O–H groups in total. The Hall–Kier alpha value is -1.15. The van der Waals surface area contributed by atoms with Gasteiger partial charge in [0.05, 0.1) is 7.11 Å². The highest BCUT2D eigenvalue weighted by Crippen LogP contribution is 2.09. The van der Waals surface area contributed by atoms with Crippen molar-refractivity contribution in [3.63, 3.8) is 0 Å². The minimum atomic E-state index is -3.95. The normalized spacial score (nSPS) is 13.5. The number of carbonyl (C=O) groups excluding carboxylic acids is 1. The summed E-state index contributed by atoms with van der Waals surface area (Å²) in [4.78, 5) is 21.6. The number of carboxylic acid groups (broad SMARTS) is 1. The molecule has 0 rings (SSSR count). The predicted molar refractivity (Wildman–Crippen MR) is 55.3 cm³/mol. The van der Waals surface area contributed by atoms with Gasteiger partial charge in [0.1, 0.15) is 6.04 Å². The van der Waals surface area contributed by atoms with Crippen molar-refractivity contribution < 1.29 is 27.9 Å². The zero-order chi connectivity index (χ0) is 12.9. The molecule has 0 bridgehead atoms. The molecule has 94 valence electrons. The SMILES string of the molecule is CCC(C(=O)O)N(C)S(=O)(=O)CC(=O)OC. The van der Waals surface area contributed by atoms with Crippen molar-refractivity contribution in [3.05, 3.63) is 0 Å². The van der Waals surface area contributed by atoms with Gasteiger partial charge in [0.25, 0.3) is 0 Å². The number of methoxy groups -OCH3 is 1. The fourth-order valence-corrected chi connectivity index (χ4v) is 2.34. The van der Waals surface area contributed by atoms with Crippen LogP contribution in [-0.4, -0.2) is 55.7 Å². The average molecular weight is 253 g/mol. The van der Waals surface area contributed by atoms with Crippen molar-refractivity contribution in [2.24, 2.45) is 0 Å². The average Bonchev–Trinajstić information content (AvgIpc) is 2.17. The number of rotatable bonds is 6. The van der Waals surface area contributed by atoms with Gasteiger partial charge in [0.15, 0.2) is 5.75 Å². The van der Waals surface area contributed by atoms with E-state index in [4.69, 9.17) is 5.11 Å². The molecule has 16 heavy (non-hydrogen) atoms. The van der Waals surface area contributed by atoms with Gasteiger partial charge in [0, 0.05) is 7.05 Å². The molecule has 0 spiro atoms. The summed E-state index contributed by atoms with van der Waals surface area (Å²) in [6, 6.07) is -1.17. The number of aliphatic carboxylic acids is 1. The molecule has 0 saturated carbocycles. The summed E-state index contributed by atoms with van der Waals surface area (Å²) in [6.45, 7) is 1.54. The molecule has 7 nitrogen and oxygen atoms in total. The number of esters is 1. The van der Waals surface area contributed by atoms with Crippen molar-refractivity contribution in [2.75, 3.05) is 19.9 Å². The highest BCUT2D eigenvalue weighted by molar-refractivity contribution is 7.89. The topological polar surface area (TPSA) is 101 Å². The first kappa shape index (κ1) is 14.8. The zero-order valence-corrected chi connectivity index (χ0v) is 10.2. The molecule has 0 aliphatic heterocycles. The third-order valence-electron chi connectivity index (χ3n) is 2.08. The summed E-state index contributed by atoms with van der Waals surface area (Å²) in [5.41, 5.74) is 0. The molecule has 0 aliphatic carbocycles. The maximum Gasteiger partial charge on any atom is 0.322 e. The van der Waals surface area contributed by atoms with Crippen molar-refractivity contribution in [1.82, 2.24) is 4.31 Å². The maximum absolute atomic E-state index is 11.6. The number of carboxylic acids is 1. The lowest BCUT2D eigenvalue weighted by atomic mass is 10.2. The van der Waals surface area contributed by atoms with E-state index >= 15 is 0 Å². The molecule has 0 fully saturated rings. The van der Waals surface area contributed by atoms with Gasteiger partial charge in [-0.3, -0.25) is 9.59 Å². The molecule has 8 heteroatoms. The molecule has 1 atom stereocenters. The number of sulfonamides is 1. The van der Waals surface area contributed by atoms with Gasteiger partial charge in [0.2, 0.25) is 10.0 Å². The van der Waals surface area contributed by atoms with Crippen LogP contribution in [0.5, 0.6) is 0 Å². The molecule has 0 aliphatic rings. The molecule has 0 aromatic heterocycles. The van der Waals surface area contributed by atoms with Crippen LogP contribution in [0, 0.1) is 0 Å². The Morgan fingerprint density at radius 2 is 1.94 bits per heavy atom. The highest BCUT2D eigenvalue weighted by atomic mass is 32.2. The van der Waals surface area contributed by atoms with Gasteiger partial charge in [-0.15, -0.1) is 0 Å². The lowest BCUT2D eigenvalue weighted by Gasteiger charge is -2.22. The Labute approximate surface area is 94.0 Å². The highest BCUT2D eigenvalue weighted by Gasteiger charge is 2.31. The van der Waals surface area contributed by atoms with Crippen LogP contribution < -0.4 is 0 Å². The summed E-state index contributed by atoms with van der Waals surface area (Å²) >= 11 is 0. The van der Waals surface area contributed by atoms with Crippen LogP contribution >= 0.6 is 0 Å². The van der Waals surface area contributed by atoms with Crippen LogP contribution in [0.2, 0.25) is 0 Å². The Morgan fingerprint density at radius 3 is 2.25 bits per heavy atom. The van der Waals surface area contributed by atoms with Gasteiger partial charge in [-0.2, -0.15) is 4.31 Å². The Kier molecular flexibility index (Phi) is 5.39. The van der Waals surface area contributed by atoms with Crippen molar-refractivity contribution >= 4 is 22.0 Å². The number of likely N-dealkylation sites (N-methyl/N-ethyl adjacent to an activating group) is 1. The first-order valence-electron chi connectivity index (χ1n) is 4.51. The summed E-state index contributed by atoms with van der Waals surface area (Å²) in [6.07, 6.45) is 0.117. The van der Waals surface area contributed by atoms with Gasteiger partial charge >= 0.3 is 11.9 Å². The van der Waals surface area contributed by atoms with E-state index in [1.165, 1.54) is 0 Å². The summed E-state index contributed by atoms with van der Waals surface area (Å²) in [7, 11) is -1.76. The largest absolute Gasteiger partial charge is 0.480 e. The second-order valence-electron chi connectivity index (χ2n) is 3.11. The van der Waals surface area contributed by atoms with Gasteiger partial charge in [-0.1, -0.05) is 6.92 Å². The number of hydrogen-bond donors (Lipinski definition) is 1. The van der Waals surface area contributed by atoms with E-state index in [0.29, 0.717) is 4.31 Å². The van der Waals surface area contributed by atoms with E-state index in [-0.39, 0.29) is 6.42 Å².